The Bertz CT molecular complexity index is 1300. The lowest BCUT2D eigenvalue weighted by Crippen LogP contribution is -2.64. The van der Waals surface area contributed by atoms with Crippen LogP contribution in [0.2, 0.25) is 0 Å². The van der Waals surface area contributed by atoms with Gasteiger partial charge in [0.25, 0.3) is 5.91 Å². The van der Waals surface area contributed by atoms with Crippen molar-refractivity contribution in [2.75, 3.05) is 13.2 Å². The molecule has 0 spiro atoms. The van der Waals surface area contributed by atoms with Crippen molar-refractivity contribution in [3.63, 3.8) is 0 Å². The summed E-state index contributed by atoms with van der Waals surface area (Å²) in [6.07, 6.45) is 2.03. The van der Waals surface area contributed by atoms with E-state index in [1.165, 1.54) is 0 Å². The van der Waals surface area contributed by atoms with Crippen LogP contribution in [0.25, 0.3) is 10.8 Å². The molecule has 2 aromatic rings. The van der Waals surface area contributed by atoms with E-state index in [1.54, 1.807) is 11.1 Å². The van der Waals surface area contributed by atoms with Crippen LogP contribution in [0.4, 0.5) is 0 Å². The lowest BCUT2D eigenvalue weighted by molar-refractivity contribution is -0.154. The summed E-state index contributed by atoms with van der Waals surface area (Å²) in [6.45, 7) is 8.28. The zero-order valence-corrected chi connectivity index (χ0v) is 22.9. The number of pyridine rings is 1. The van der Waals surface area contributed by atoms with Gasteiger partial charge in [0.15, 0.2) is 0 Å². The van der Waals surface area contributed by atoms with Gasteiger partial charge in [0, 0.05) is 24.7 Å². The normalized spacial score (nSPS) is 26.9. The van der Waals surface area contributed by atoms with Gasteiger partial charge >= 0.3 is 5.97 Å². The molecular formula is C29H36N4O6. The summed E-state index contributed by atoms with van der Waals surface area (Å²) >= 11 is 0. The summed E-state index contributed by atoms with van der Waals surface area (Å²) in [7, 11) is 0. The number of hydrogen-bond donors (Lipinski definition) is 2. The summed E-state index contributed by atoms with van der Waals surface area (Å²) in [5, 5.41) is 7.38. The van der Waals surface area contributed by atoms with E-state index in [0.29, 0.717) is 31.4 Å². The third kappa shape index (κ3) is 4.97. The van der Waals surface area contributed by atoms with Gasteiger partial charge in [-0.1, -0.05) is 45.0 Å². The summed E-state index contributed by atoms with van der Waals surface area (Å²) < 4.78 is 10.9. The standard InChI is InChI=1S/C29H36N4O6/c1-5-38-20-14-21(34)39-25(20)32-27(37)29-12-10-17(15-29)16-33(29)26(36)23(28(2,3)4)31-24(35)22-19-9-7-6-8-18(19)11-13-30-22/h6-9,11,13,17,20,23,25H,5,10,12,14-16H2,1-4H3,(H,31,35)(H,32,37)/t17-,20+,23-,25-,29+/m1/s1. The average Bonchev–Trinajstić information content (AvgIpc) is 3.59. The summed E-state index contributed by atoms with van der Waals surface area (Å²) in [4.78, 5) is 59.3. The van der Waals surface area contributed by atoms with Gasteiger partial charge in [0.2, 0.25) is 18.0 Å². The van der Waals surface area contributed by atoms with E-state index in [9.17, 15) is 19.2 Å². The van der Waals surface area contributed by atoms with Gasteiger partial charge in [-0.3, -0.25) is 24.2 Å². The van der Waals surface area contributed by atoms with Crippen LogP contribution < -0.4 is 10.6 Å². The first kappa shape index (κ1) is 27.1. The monoisotopic (exact) mass is 536 g/mol. The predicted molar refractivity (Wildman–Crippen MR) is 142 cm³/mol. The Balaban J connectivity index is 1.39. The van der Waals surface area contributed by atoms with Crippen LogP contribution in [0, 0.1) is 11.3 Å². The topological polar surface area (TPSA) is 127 Å². The summed E-state index contributed by atoms with van der Waals surface area (Å²) in [5.41, 5.74) is -1.47. The Kier molecular flexibility index (Phi) is 7.09. The highest BCUT2D eigenvalue weighted by Crippen LogP contribution is 2.47. The molecule has 208 valence electrons. The Morgan fingerprint density at radius 2 is 2.00 bits per heavy atom. The Hall–Kier alpha value is -3.53. The van der Waals surface area contributed by atoms with Gasteiger partial charge in [-0.25, -0.2) is 0 Å². The number of rotatable bonds is 7. The maximum atomic E-state index is 14.2. The highest BCUT2D eigenvalue weighted by molar-refractivity contribution is 6.07. The first-order valence-corrected chi connectivity index (χ1v) is 13.6. The highest BCUT2D eigenvalue weighted by atomic mass is 16.6. The van der Waals surface area contributed by atoms with Crippen molar-refractivity contribution in [1.82, 2.24) is 20.5 Å². The fourth-order valence-electron chi connectivity index (χ4n) is 6.18. The second-order valence-corrected chi connectivity index (χ2v) is 11.8. The van der Waals surface area contributed by atoms with Crippen LogP contribution >= 0.6 is 0 Å². The third-order valence-corrected chi connectivity index (χ3v) is 8.13. The molecule has 5 rings (SSSR count). The Morgan fingerprint density at radius 1 is 1.23 bits per heavy atom. The molecule has 1 saturated carbocycles. The molecule has 2 N–H and O–H groups in total. The maximum absolute atomic E-state index is 14.2. The molecule has 10 heteroatoms. The van der Waals surface area contributed by atoms with Crippen LogP contribution in [0.1, 0.15) is 63.9 Å². The zero-order valence-electron chi connectivity index (χ0n) is 22.9. The number of carbonyl (C=O) groups excluding carboxylic acids is 4. The van der Waals surface area contributed by atoms with Crippen molar-refractivity contribution in [2.24, 2.45) is 11.3 Å². The maximum Gasteiger partial charge on any atom is 0.310 e. The molecule has 5 atom stereocenters. The Labute approximate surface area is 227 Å². The molecule has 0 radical (unpaired) electrons. The molecular weight excluding hydrogens is 500 g/mol. The van der Waals surface area contributed by atoms with E-state index >= 15 is 0 Å². The number of aromatic nitrogens is 1. The highest BCUT2D eigenvalue weighted by Gasteiger charge is 2.59. The van der Waals surface area contributed by atoms with Gasteiger partial charge < -0.3 is 25.0 Å². The third-order valence-electron chi connectivity index (χ3n) is 8.13. The minimum Gasteiger partial charge on any atom is -0.439 e. The number of esters is 1. The lowest BCUT2D eigenvalue weighted by Gasteiger charge is -2.42. The second-order valence-electron chi connectivity index (χ2n) is 11.8. The largest absolute Gasteiger partial charge is 0.439 e. The average molecular weight is 537 g/mol. The van der Waals surface area contributed by atoms with Crippen molar-refractivity contribution in [3.8, 4) is 0 Å². The van der Waals surface area contributed by atoms with E-state index in [4.69, 9.17) is 9.47 Å². The number of amides is 3. The van der Waals surface area contributed by atoms with E-state index in [2.05, 4.69) is 15.6 Å². The van der Waals surface area contributed by atoms with Crippen molar-refractivity contribution in [1.29, 1.82) is 0 Å². The molecule has 3 aliphatic rings. The number of nitrogens with zero attached hydrogens (tertiary/aromatic N) is 2. The number of fused-ring (bicyclic) bond motifs is 3. The van der Waals surface area contributed by atoms with Gasteiger partial charge in [-0.2, -0.15) is 0 Å². The van der Waals surface area contributed by atoms with Crippen molar-refractivity contribution in [2.45, 2.75) is 77.3 Å². The molecule has 39 heavy (non-hydrogen) atoms. The molecule has 3 heterocycles. The van der Waals surface area contributed by atoms with Gasteiger partial charge in [0.1, 0.15) is 23.4 Å². The molecule has 10 nitrogen and oxygen atoms in total. The molecule has 2 bridgehead atoms. The number of piperidine rings is 1. The number of nitrogens with one attached hydrogen (secondary N) is 2. The minimum absolute atomic E-state index is 0.0669. The molecule has 0 unspecified atom stereocenters. The van der Waals surface area contributed by atoms with Crippen molar-refractivity contribution in [3.05, 3.63) is 42.2 Å². The van der Waals surface area contributed by atoms with Gasteiger partial charge in [-0.15, -0.1) is 0 Å². The van der Waals surface area contributed by atoms with Crippen LogP contribution in [0.15, 0.2) is 36.5 Å². The van der Waals surface area contributed by atoms with Crippen molar-refractivity contribution < 1.29 is 28.7 Å². The quantitative estimate of drug-likeness (QED) is 0.521. The van der Waals surface area contributed by atoms with E-state index < -0.39 is 41.2 Å². The van der Waals surface area contributed by atoms with Gasteiger partial charge in [0.05, 0.1) is 6.42 Å². The molecule has 2 aliphatic heterocycles. The molecule has 3 fully saturated rings. The Morgan fingerprint density at radius 3 is 2.72 bits per heavy atom. The number of carbonyl (C=O) groups is 4. The molecule has 1 aliphatic carbocycles. The fraction of sp³-hybridized carbons (Fsp3) is 0.552. The van der Waals surface area contributed by atoms with E-state index in [1.807, 2.05) is 58.0 Å². The van der Waals surface area contributed by atoms with Crippen LogP contribution in [0.5, 0.6) is 0 Å². The number of cyclic esters (lactones) is 1. The number of likely N-dealkylation sites (tertiary alicyclic amines) is 1. The first-order valence-electron chi connectivity index (χ1n) is 13.6. The first-order chi connectivity index (χ1) is 18.5. The smallest absolute Gasteiger partial charge is 0.310 e. The van der Waals surface area contributed by atoms with Crippen LogP contribution in [-0.2, 0) is 23.9 Å². The van der Waals surface area contributed by atoms with Crippen LogP contribution in [-0.4, -0.2) is 70.6 Å². The summed E-state index contributed by atoms with van der Waals surface area (Å²) in [6, 6.07) is 8.40. The SMILES string of the molecule is CCO[C@H]1CC(=O)O[C@H]1NC(=O)[C@@]12CC[C@@H](CN1C(=O)[C@@H](NC(=O)c1nccc3ccccc13)C(C)(C)C)C2. The lowest BCUT2D eigenvalue weighted by atomic mass is 9.84. The number of hydrogen-bond acceptors (Lipinski definition) is 7. The van der Waals surface area contributed by atoms with Crippen LogP contribution in [0.3, 0.4) is 0 Å². The predicted octanol–water partition coefficient (Wildman–Crippen LogP) is 2.55. The minimum atomic E-state index is -1.07. The molecule has 1 aromatic carbocycles. The zero-order chi connectivity index (χ0) is 27.9. The number of benzene rings is 1. The van der Waals surface area contributed by atoms with Gasteiger partial charge in [-0.05, 0) is 49.0 Å². The van der Waals surface area contributed by atoms with Crippen molar-refractivity contribution >= 4 is 34.5 Å². The molecule has 1 aromatic heterocycles. The molecule has 3 amide bonds. The number of ether oxygens (including phenoxy) is 2. The summed E-state index contributed by atoms with van der Waals surface area (Å²) in [5.74, 6) is -1.35. The van der Waals surface area contributed by atoms with E-state index in [0.717, 1.165) is 11.8 Å². The second kappa shape index (κ2) is 10.2. The molecule has 2 saturated heterocycles. The fourth-order valence-corrected chi connectivity index (χ4v) is 6.18. The van der Waals surface area contributed by atoms with E-state index in [-0.39, 0.29) is 29.8 Å².